The Kier molecular flexibility index (Phi) is 4.96. The molecule has 0 amide bonds. The summed E-state index contributed by atoms with van der Waals surface area (Å²) in [4.78, 5) is 11.2. The molecular weight excluding hydrogens is 251 g/mol. The van der Waals surface area contributed by atoms with Crippen molar-refractivity contribution in [2.24, 2.45) is 0 Å². The minimum absolute atomic E-state index is 0.0690. The van der Waals surface area contributed by atoms with Crippen molar-refractivity contribution in [2.75, 3.05) is 19.1 Å². The lowest BCUT2D eigenvalue weighted by molar-refractivity contribution is -0.199. The lowest BCUT2D eigenvalue weighted by Gasteiger charge is -2.08. The minimum atomic E-state index is -4.43. The first-order valence-electron chi connectivity index (χ1n) is 5.01. The summed E-state index contributed by atoms with van der Waals surface area (Å²) in [6.45, 7) is -2.17. The number of carbonyl (C=O) groups excluding carboxylic acids is 1. The smallest absolute Gasteiger partial charge is 0.411 e. The predicted octanol–water partition coefficient (Wildman–Crippen LogP) is 1.89. The molecule has 100 valence electrons. The van der Waals surface area contributed by atoms with Crippen LogP contribution in [0.15, 0.2) is 24.3 Å². The van der Waals surface area contributed by atoms with Crippen molar-refractivity contribution in [3.05, 3.63) is 29.8 Å². The second-order valence-corrected chi connectivity index (χ2v) is 3.52. The molecule has 0 fully saturated rings. The van der Waals surface area contributed by atoms with Crippen molar-refractivity contribution in [1.29, 1.82) is 0 Å². The number of hydrogen-bond donors (Lipinski definition) is 1. The van der Waals surface area contributed by atoms with Gasteiger partial charge < -0.3 is 15.2 Å². The number of nitrogens with two attached hydrogens (primary N) is 1. The number of hydrogen-bond acceptors (Lipinski definition) is 4. The second-order valence-electron chi connectivity index (χ2n) is 3.52. The quantitative estimate of drug-likeness (QED) is 0.381. The molecule has 1 rings (SSSR count). The van der Waals surface area contributed by atoms with E-state index in [1.807, 2.05) is 0 Å². The van der Waals surface area contributed by atoms with Gasteiger partial charge in [-0.05, 0) is 17.7 Å². The van der Waals surface area contributed by atoms with Crippen LogP contribution in [0.1, 0.15) is 5.56 Å². The third-order valence-electron chi connectivity index (χ3n) is 1.87. The summed E-state index contributed by atoms with van der Waals surface area (Å²) in [7, 11) is 0. The fourth-order valence-corrected chi connectivity index (χ4v) is 1.19. The zero-order chi connectivity index (χ0) is 13.6. The van der Waals surface area contributed by atoms with Crippen molar-refractivity contribution >= 4 is 11.7 Å². The Hall–Kier alpha value is -1.76. The van der Waals surface area contributed by atoms with Gasteiger partial charge in [0.2, 0.25) is 0 Å². The van der Waals surface area contributed by atoms with Gasteiger partial charge in [0.05, 0.1) is 6.42 Å². The van der Waals surface area contributed by atoms with E-state index in [0.29, 0.717) is 11.3 Å². The van der Waals surface area contributed by atoms with Gasteiger partial charge in [0.1, 0.15) is 6.61 Å². The van der Waals surface area contributed by atoms with Gasteiger partial charge in [-0.3, -0.25) is 4.79 Å². The molecule has 0 aromatic heterocycles. The van der Waals surface area contributed by atoms with Crippen LogP contribution in [0.5, 0.6) is 0 Å². The Morgan fingerprint density at radius 2 is 2.06 bits per heavy atom. The van der Waals surface area contributed by atoms with Crippen molar-refractivity contribution < 1.29 is 27.4 Å². The minimum Gasteiger partial charge on any atom is -0.438 e. The van der Waals surface area contributed by atoms with Crippen molar-refractivity contribution in [1.82, 2.24) is 0 Å². The molecule has 7 heteroatoms. The van der Waals surface area contributed by atoms with Crippen LogP contribution in [-0.2, 0) is 20.7 Å². The van der Waals surface area contributed by atoms with Crippen LogP contribution in [0.4, 0.5) is 18.9 Å². The largest absolute Gasteiger partial charge is 0.438 e. The summed E-state index contributed by atoms with van der Waals surface area (Å²) in [6, 6.07) is 6.56. The molecule has 0 saturated heterocycles. The summed E-state index contributed by atoms with van der Waals surface area (Å²) in [6.07, 6.45) is -4.50. The Bertz CT molecular complexity index is 407. The SMILES string of the molecule is Nc1cccc(CC(=O)OCOCC(F)(F)F)c1. The highest BCUT2D eigenvalue weighted by atomic mass is 19.4. The Balaban J connectivity index is 2.26. The number of nitrogen functional groups attached to an aromatic ring is 1. The van der Waals surface area contributed by atoms with Crippen LogP contribution in [0.25, 0.3) is 0 Å². The fourth-order valence-electron chi connectivity index (χ4n) is 1.19. The van der Waals surface area contributed by atoms with Crippen LogP contribution in [0.2, 0.25) is 0 Å². The van der Waals surface area contributed by atoms with Gasteiger partial charge in [0, 0.05) is 5.69 Å². The summed E-state index contributed by atoms with van der Waals surface area (Å²) < 4.78 is 43.7. The summed E-state index contributed by atoms with van der Waals surface area (Å²) in [5.74, 6) is -0.678. The first-order valence-corrected chi connectivity index (χ1v) is 5.01. The van der Waals surface area contributed by atoms with Crippen LogP contribution < -0.4 is 5.73 Å². The molecule has 1 aromatic rings. The monoisotopic (exact) mass is 263 g/mol. The Labute approximate surface area is 101 Å². The molecule has 0 aliphatic rings. The van der Waals surface area contributed by atoms with Crippen LogP contribution in [0, 0.1) is 0 Å². The number of alkyl halides is 3. The average molecular weight is 263 g/mol. The van der Waals surface area contributed by atoms with Crippen molar-refractivity contribution in [3.63, 3.8) is 0 Å². The molecule has 18 heavy (non-hydrogen) atoms. The maximum Gasteiger partial charge on any atom is 0.411 e. The molecule has 0 atom stereocenters. The number of benzene rings is 1. The summed E-state index contributed by atoms with van der Waals surface area (Å²) >= 11 is 0. The molecule has 0 heterocycles. The number of halogens is 3. The number of ether oxygens (including phenoxy) is 2. The van der Waals surface area contributed by atoms with Crippen LogP contribution in [0.3, 0.4) is 0 Å². The zero-order valence-corrected chi connectivity index (χ0v) is 9.37. The molecule has 0 radical (unpaired) electrons. The normalized spacial score (nSPS) is 11.3. The number of esters is 1. The maximum absolute atomic E-state index is 11.7. The predicted molar refractivity (Wildman–Crippen MR) is 57.5 cm³/mol. The zero-order valence-electron chi connectivity index (χ0n) is 9.37. The Morgan fingerprint density at radius 3 is 2.67 bits per heavy atom. The van der Waals surface area contributed by atoms with E-state index < -0.39 is 25.5 Å². The molecule has 0 spiro atoms. The van der Waals surface area contributed by atoms with E-state index in [1.54, 1.807) is 24.3 Å². The molecule has 0 unspecified atom stereocenters. The molecule has 0 bridgehead atoms. The van der Waals surface area contributed by atoms with Gasteiger partial charge in [0.15, 0.2) is 6.79 Å². The van der Waals surface area contributed by atoms with E-state index in [1.165, 1.54) is 0 Å². The number of anilines is 1. The molecular formula is C11H12F3NO3. The van der Waals surface area contributed by atoms with E-state index in [0.717, 1.165) is 0 Å². The van der Waals surface area contributed by atoms with E-state index in [4.69, 9.17) is 5.73 Å². The van der Waals surface area contributed by atoms with Gasteiger partial charge in [-0.15, -0.1) is 0 Å². The van der Waals surface area contributed by atoms with Gasteiger partial charge in [0.25, 0.3) is 0 Å². The molecule has 0 saturated carbocycles. The first kappa shape index (κ1) is 14.3. The fraction of sp³-hybridized carbons (Fsp3) is 0.364. The van der Waals surface area contributed by atoms with E-state index in [9.17, 15) is 18.0 Å². The lowest BCUT2D eigenvalue weighted by atomic mass is 10.1. The summed E-state index contributed by atoms with van der Waals surface area (Å²) in [5.41, 5.74) is 6.62. The average Bonchev–Trinajstić information content (AvgIpc) is 2.23. The molecule has 0 aliphatic heterocycles. The molecule has 1 aromatic carbocycles. The van der Waals surface area contributed by atoms with Gasteiger partial charge in [-0.25, -0.2) is 0 Å². The third kappa shape index (κ3) is 6.09. The van der Waals surface area contributed by atoms with Crippen molar-refractivity contribution in [3.8, 4) is 0 Å². The van der Waals surface area contributed by atoms with E-state index in [-0.39, 0.29) is 6.42 Å². The topological polar surface area (TPSA) is 61.6 Å². The van der Waals surface area contributed by atoms with Gasteiger partial charge in [-0.2, -0.15) is 13.2 Å². The lowest BCUT2D eigenvalue weighted by Crippen LogP contribution is -2.20. The number of rotatable bonds is 5. The summed E-state index contributed by atoms with van der Waals surface area (Å²) in [5, 5.41) is 0. The second kappa shape index (κ2) is 6.25. The first-order chi connectivity index (χ1) is 8.37. The highest BCUT2D eigenvalue weighted by Gasteiger charge is 2.27. The van der Waals surface area contributed by atoms with Crippen LogP contribution in [-0.4, -0.2) is 25.5 Å². The van der Waals surface area contributed by atoms with E-state index >= 15 is 0 Å². The molecule has 4 nitrogen and oxygen atoms in total. The van der Waals surface area contributed by atoms with Gasteiger partial charge in [-0.1, -0.05) is 12.1 Å². The molecule has 2 N–H and O–H groups in total. The van der Waals surface area contributed by atoms with Crippen molar-refractivity contribution in [2.45, 2.75) is 12.6 Å². The van der Waals surface area contributed by atoms with Gasteiger partial charge >= 0.3 is 12.1 Å². The third-order valence-corrected chi connectivity index (χ3v) is 1.87. The van der Waals surface area contributed by atoms with E-state index in [2.05, 4.69) is 9.47 Å². The number of carbonyl (C=O) groups is 1. The standard InChI is InChI=1S/C11H12F3NO3/c12-11(13,14)6-17-7-18-10(16)5-8-2-1-3-9(15)4-8/h1-4H,5-7,15H2. The highest BCUT2D eigenvalue weighted by Crippen LogP contribution is 2.14. The highest BCUT2D eigenvalue weighted by molar-refractivity contribution is 5.72. The van der Waals surface area contributed by atoms with Crippen LogP contribution >= 0.6 is 0 Å². The Morgan fingerprint density at radius 1 is 1.33 bits per heavy atom. The molecule has 0 aliphatic carbocycles. The maximum atomic E-state index is 11.7.